The number of aromatic nitrogens is 2. The summed E-state index contributed by atoms with van der Waals surface area (Å²) in [6.45, 7) is 4.30. The molecule has 0 aliphatic heterocycles. The average Bonchev–Trinajstić information content (AvgIpc) is 3.28. The van der Waals surface area contributed by atoms with Gasteiger partial charge in [0.2, 0.25) is 0 Å². The van der Waals surface area contributed by atoms with Crippen LogP contribution in [0.3, 0.4) is 0 Å². The second-order valence-electron chi connectivity index (χ2n) is 8.80. The molecule has 0 saturated heterocycles. The maximum absolute atomic E-state index is 11.5. The van der Waals surface area contributed by atoms with Crippen LogP contribution in [0.4, 0.5) is 0 Å². The van der Waals surface area contributed by atoms with Crippen molar-refractivity contribution >= 4 is 21.2 Å². The summed E-state index contributed by atoms with van der Waals surface area (Å²) in [4.78, 5) is 0. The Morgan fingerprint density at radius 3 is 2.76 bits per heavy atom. The highest BCUT2D eigenvalue weighted by molar-refractivity contribution is 7.90. The van der Waals surface area contributed by atoms with Gasteiger partial charge < -0.3 is 10.1 Å². The van der Waals surface area contributed by atoms with Crippen molar-refractivity contribution in [1.29, 1.82) is 5.26 Å². The molecule has 0 radical (unpaired) electrons. The van der Waals surface area contributed by atoms with Gasteiger partial charge in [-0.05, 0) is 62.4 Å². The van der Waals surface area contributed by atoms with Crippen LogP contribution in [0, 0.1) is 11.3 Å². The maximum atomic E-state index is 11.5. The summed E-state index contributed by atoms with van der Waals surface area (Å²) in [5.74, 6) is 0.696. The van der Waals surface area contributed by atoms with E-state index in [-0.39, 0.29) is 17.9 Å². The molecule has 2 aromatic carbocycles. The molecular formula is C25H28N4O3S2. The standard InChI is InChI=1S/C25H28N4O3S2/c1-16(2)32-23-11-10-17(14-18(23)15-26)24-28-29-25(33-24)21-8-4-7-20-19(21)6-5-9-22(20)27-12-13-34(3,30)31/h4,7-8,10-11,14,16,22,27H,5-6,9,12-13H2,1-3H3/t22-/m0/s1. The lowest BCUT2D eigenvalue weighted by molar-refractivity contribution is 0.242. The molecule has 1 aliphatic rings. The largest absolute Gasteiger partial charge is 0.490 e. The van der Waals surface area contributed by atoms with Crippen molar-refractivity contribution < 1.29 is 13.2 Å². The van der Waals surface area contributed by atoms with Crippen LogP contribution >= 0.6 is 11.3 Å². The van der Waals surface area contributed by atoms with Crippen molar-refractivity contribution in [3.63, 3.8) is 0 Å². The second-order valence-corrected chi connectivity index (χ2v) is 12.0. The number of nitrogens with zero attached hydrogens (tertiary/aromatic N) is 3. The number of benzene rings is 2. The van der Waals surface area contributed by atoms with Crippen molar-refractivity contribution in [2.24, 2.45) is 0 Å². The molecule has 0 unspecified atom stereocenters. The van der Waals surface area contributed by atoms with Crippen LogP contribution in [-0.4, -0.2) is 43.3 Å². The third kappa shape index (κ3) is 5.63. The Balaban J connectivity index is 1.60. The molecule has 0 spiro atoms. The second kappa shape index (κ2) is 10.2. The van der Waals surface area contributed by atoms with E-state index in [2.05, 4.69) is 33.7 Å². The highest BCUT2D eigenvalue weighted by atomic mass is 32.2. The zero-order valence-electron chi connectivity index (χ0n) is 19.5. The van der Waals surface area contributed by atoms with E-state index in [4.69, 9.17) is 4.74 Å². The first-order chi connectivity index (χ1) is 16.2. The summed E-state index contributed by atoms with van der Waals surface area (Å²) in [5.41, 5.74) is 4.82. The van der Waals surface area contributed by atoms with Gasteiger partial charge in [0.25, 0.3) is 0 Å². The molecule has 34 heavy (non-hydrogen) atoms. The van der Waals surface area contributed by atoms with Gasteiger partial charge in [-0.3, -0.25) is 0 Å². The van der Waals surface area contributed by atoms with Gasteiger partial charge in [0.15, 0.2) is 0 Å². The molecule has 9 heteroatoms. The molecule has 0 bridgehead atoms. The topological polar surface area (TPSA) is 105 Å². The van der Waals surface area contributed by atoms with E-state index in [1.54, 1.807) is 6.07 Å². The van der Waals surface area contributed by atoms with Gasteiger partial charge in [-0.1, -0.05) is 29.5 Å². The Kier molecular flexibility index (Phi) is 7.31. The summed E-state index contributed by atoms with van der Waals surface area (Å²) >= 11 is 1.50. The van der Waals surface area contributed by atoms with Gasteiger partial charge in [-0.2, -0.15) is 5.26 Å². The highest BCUT2D eigenvalue weighted by Crippen LogP contribution is 2.39. The third-order valence-corrected chi connectivity index (χ3v) is 7.69. The summed E-state index contributed by atoms with van der Waals surface area (Å²) < 4.78 is 28.7. The molecule has 1 atom stereocenters. The Morgan fingerprint density at radius 2 is 2.03 bits per heavy atom. The minimum Gasteiger partial charge on any atom is -0.490 e. The Bertz CT molecular complexity index is 1330. The van der Waals surface area contributed by atoms with Crippen LogP contribution < -0.4 is 10.1 Å². The van der Waals surface area contributed by atoms with Crippen molar-refractivity contribution in [3.8, 4) is 33.0 Å². The number of sulfone groups is 1. The monoisotopic (exact) mass is 496 g/mol. The number of rotatable bonds is 8. The summed E-state index contributed by atoms with van der Waals surface area (Å²) in [6, 6.07) is 14.1. The normalized spacial score (nSPS) is 15.7. The number of ether oxygens (including phenoxy) is 1. The Hall–Kier alpha value is -2.80. The van der Waals surface area contributed by atoms with E-state index in [0.717, 1.165) is 40.4 Å². The van der Waals surface area contributed by atoms with Crippen molar-refractivity contribution in [3.05, 3.63) is 53.1 Å². The number of nitriles is 1. The van der Waals surface area contributed by atoms with Gasteiger partial charge in [0.1, 0.15) is 31.7 Å². The van der Waals surface area contributed by atoms with Gasteiger partial charge >= 0.3 is 0 Å². The maximum Gasteiger partial charge on any atom is 0.148 e. The Labute approximate surface area is 204 Å². The fraction of sp³-hybridized carbons (Fsp3) is 0.400. The van der Waals surface area contributed by atoms with E-state index in [1.807, 2.05) is 32.0 Å². The molecule has 7 nitrogen and oxygen atoms in total. The fourth-order valence-corrected chi connectivity index (χ4v) is 5.62. The zero-order valence-corrected chi connectivity index (χ0v) is 21.2. The molecule has 1 heterocycles. The quantitative estimate of drug-likeness (QED) is 0.488. The minimum atomic E-state index is -3.00. The smallest absolute Gasteiger partial charge is 0.148 e. The van der Waals surface area contributed by atoms with Crippen LogP contribution in [0.1, 0.15) is 49.4 Å². The predicted octanol–water partition coefficient (Wildman–Crippen LogP) is 4.54. The number of fused-ring (bicyclic) bond motifs is 1. The molecule has 178 valence electrons. The molecule has 0 saturated carbocycles. The first-order valence-electron chi connectivity index (χ1n) is 11.3. The van der Waals surface area contributed by atoms with Gasteiger partial charge in [-0.15, -0.1) is 10.2 Å². The Morgan fingerprint density at radius 1 is 1.24 bits per heavy atom. The van der Waals surface area contributed by atoms with E-state index < -0.39 is 9.84 Å². The third-order valence-electron chi connectivity index (χ3n) is 5.74. The lowest BCUT2D eigenvalue weighted by atomic mass is 9.85. The highest BCUT2D eigenvalue weighted by Gasteiger charge is 2.24. The van der Waals surface area contributed by atoms with Gasteiger partial charge in [-0.25, -0.2) is 8.42 Å². The molecule has 0 fully saturated rings. The molecule has 3 aromatic rings. The summed E-state index contributed by atoms with van der Waals surface area (Å²) in [6.07, 6.45) is 4.20. The zero-order chi connectivity index (χ0) is 24.3. The number of hydrogen-bond donors (Lipinski definition) is 1. The van der Waals surface area contributed by atoms with E-state index in [9.17, 15) is 13.7 Å². The van der Waals surface area contributed by atoms with Crippen LogP contribution in [0.5, 0.6) is 5.75 Å². The fourth-order valence-electron chi connectivity index (χ4n) is 4.24. The number of hydrogen-bond acceptors (Lipinski definition) is 8. The van der Waals surface area contributed by atoms with Crippen LogP contribution in [0.15, 0.2) is 36.4 Å². The molecule has 1 aromatic heterocycles. The van der Waals surface area contributed by atoms with Crippen LogP contribution in [0.25, 0.3) is 21.1 Å². The van der Waals surface area contributed by atoms with Crippen molar-refractivity contribution in [1.82, 2.24) is 15.5 Å². The first-order valence-corrected chi connectivity index (χ1v) is 14.2. The van der Waals surface area contributed by atoms with E-state index in [1.165, 1.54) is 28.7 Å². The van der Waals surface area contributed by atoms with E-state index in [0.29, 0.717) is 17.9 Å². The first kappa shape index (κ1) is 24.3. The predicted molar refractivity (Wildman–Crippen MR) is 135 cm³/mol. The minimum absolute atomic E-state index is 0.0139. The van der Waals surface area contributed by atoms with E-state index >= 15 is 0 Å². The summed E-state index contributed by atoms with van der Waals surface area (Å²) in [5, 5.41) is 23.4. The van der Waals surface area contributed by atoms with Gasteiger partial charge in [0, 0.05) is 30.0 Å². The molecule has 0 amide bonds. The molecule has 1 N–H and O–H groups in total. The van der Waals surface area contributed by atoms with Crippen molar-refractivity contribution in [2.45, 2.75) is 45.3 Å². The van der Waals surface area contributed by atoms with Crippen molar-refractivity contribution in [2.75, 3.05) is 18.6 Å². The van der Waals surface area contributed by atoms with Crippen LogP contribution in [0.2, 0.25) is 0 Å². The van der Waals surface area contributed by atoms with Crippen LogP contribution in [-0.2, 0) is 16.3 Å². The van der Waals surface area contributed by atoms with Gasteiger partial charge in [0.05, 0.1) is 17.4 Å². The lowest BCUT2D eigenvalue weighted by Gasteiger charge is -2.28. The lowest BCUT2D eigenvalue weighted by Crippen LogP contribution is -2.29. The molecular weight excluding hydrogens is 468 g/mol. The molecule has 1 aliphatic carbocycles. The number of nitrogens with one attached hydrogen (secondary N) is 1. The SMILES string of the molecule is CC(C)Oc1ccc(-c2nnc(-c3cccc4c3CCC[C@@H]4NCCS(C)(=O)=O)s2)cc1C#N. The molecule has 4 rings (SSSR count). The summed E-state index contributed by atoms with van der Waals surface area (Å²) in [7, 11) is -3.00. The average molecular weight is 497 g/mol.